The molecule has 1 saturated heterocycles. The van der Waals surface area contributed by atoms with Crippen LogP contribution in [0.1, 0.15) is 11.1 Å². The molecule has 1 unspecified atom stereocenters. The smallest absolute Gasteiger partial charge is 0.369 e. The highest BCUT2D eigenvalue weighted by molar-refractivity contribution is 7.99. The van der Waals surface area contributed by atoms with Crippen LogP contribution in [-0.4, -0.2) is 30.0 Å². The van der Waals surface area contributed by atoms with Gasteiger partial charge in [0.1, 0.15) is 6.10 Å². The summed E-state index contributed by atoms with van der Waals surface area (Å²) in [5.41, 5.74) is -0.351. The summed E-state index contributed by atoms with van der Waals surface area (Å²) in [5.74, 6) is 1.28. The van der Waals surface area contributed by atoms with Gasteiger partial charge in [0.05, 0.1) is 12.2 Å². The molecule has 1 aliphatic heterocycles. The van der Waals surface area contributed by atoms with E-state index in [-0.39, 0.29) is 12.2 Å². The lowest BCUT2D eigenvalue weighted by atomic mass is 10.0. The maximum Gasteiger partial charge on any atom is 0.416 e. The number of alkyl halides is 3. The number of hydrogen-bond acceptors (Lipinski definition) is 3. The van der Waals surface area contributed by atoms with Crippen LogP contribution < -0.4 is 0 Å². The molecular formula is C13H13F3O2S. The molecule has 1 aliphatic rings. The van der Waals surface area contributed by atoms with E-state index in [2.05, 4.69) is 0 Å². The van der Waals surface area contributed by atoms with E-state index in [1.165, 1.54) is 12.1 Å². The largest absolute Gasteiger partial charge is 0.416 e. The van der Waals surface area contributed by atoms with Crippen LogP contribution in [0.3, 0.4) is 0 Å². The predicted molar refractivity (Wildman–Crippen MR) is 67.2 cm³/mol. The second-order valence-corrected chi connectivity index (χ2v) is 5.43. The van der Waals surface area contributed by atoms with E-state index >= 15 is 0 Å². The monoisotopic (exact) mass is 290 g/mol. The molecule has 0 aliphatic carbocycles. The molecule has 0 saturated carbocycles. The highest BCUT2D eigenvalue weighted by Gasteiger charge is 2.30. The van der Waals surface area contributed by atoms with Crippen molar-refractivity contribution in [3.8, 4) is 0 Å². The molecule has 2 nitrogen and oxygen atoms in total. The van der Waals surface area contributed by atoms with Crippen LogP contribution in [0, 0.1) is 0 Å². The molecule has 6 heteroatoms. The Hall–Kier alpha value is -1.01. The van der Waals surface area contributed by atoms with Gasteiger partial charge >= 0.3 is 6.18 Å². The molecule has 0 spiro atoms. The van der Waals surface area contributed by atoms with Crippen molar-refractivity contribution in [2.24, 2.45) is 0 Å². The van der Waals surface area contributed by atoms with E-state index in [9.17, 15) is 18.0 Å². The summed E-state index contributed by atoms with van der Waals surface area (Å²) >= 11 is 1.62. The van der Waals surface area contributed by atoms with E-state index in [1.54, 1.807) is 11.8 Å². The van der Waals surface area contributed by atoms with Crippen molar-refractivity contribution in [3.05, 3.63) is 35.4 Å². The fraction of sp³-hybridized carbons (Fsp3) is 0.462. The molecular weight excluding hydrogens is 277 g/mol. The third-order valence-electron chi connectivity index (χ3n) is 2.81. The number of halogens is 3. The first-order valence-corrected chi connectivity index (χ1v) is 7.00. The zero-order valence-electron chi connectivity index (χ0n) is 10.1. The van der Waals surface area contributed by atoms with Crippen LogP contribution in [0.15, 0.2) is 24.3 Å². The second-order valence-electron chi connectivity index (χ2n) is 4.28. The number of benzene rings is 1. The van der Waals surface area contributed by atoms with Crippen molar-refractivity contribution in [2.75, 3.05) is 18.1 Å². The van der Waals surface area contributed by atoms with E-state index in [4.69, 9.17) is 4.74 Å². The Morgan fingerprint density at radius 2 is 2.21 bits per heavy atom. The van der Waals surface area contributed by atoms with E-state index < -0.39 is 17.8 Å². The Labute approximate surface area is 113 Å². The van der Waals surface area contributed by atoms with Crippen LogP contribution in [0.2, 0.25) is 0 Å². The van der Waals surface area contributed by atoms with Gasteiger partial charge in [-0.1, -0.05) is 18.2 Å². The first-order valence-electron chi connectivity index (χ1n) is 5.85. The Balaban J connectivity index is 2.04. The molecule has 1 aromatic rings. The van der Waals surface area contributed by atoms with Gasteiger partial charge in [0.15, 0.2) is 5.78 Å². The summed E-state index contributed by atoms with van der Waals surface area (Å²) in [5, 5.41) is 0. The van der Waals surface area contributed by atoms with Gasteiger partial charge in [-0.3, -0.25) is 4.79 Å². The summed E-state index contributed by atoms with van der Waals surface area (Å²) in [7, 11) is 0. The third-order valence-corrected chi connectivity index (χ3v) is 3.80. The van der Waals surface area contributed by atoms with Crippen molar-refractivity contribution in [2.45, 2.75) is 18.7 Å². The third kappa shape index (κ3) is 3.98. The molecule has 19 heavy (non-hydrogen) atoms. The maximum absolute atomic E-state index is 12.5. The average Bonchev–Trinajstić information content (AvgIpc) is 2.39. The van der Waals surface area contributed by atoms with Crippen LogP contribution >= 0.6 is 11.8 Å². The van der Waals surface area contributed by atoms with Crippen molar-refractivity contribution in [1.82, 2.24) is 0 Å². The number of ether oxygens (including phenoxy) is 1. The lowest BCUT2D eigenvalue weighted by molar-refractivity contribution is -0.137. The zero-order chi connectivity index (χ0) is 13.9. The van der Waals surface area contributed by atoms with Gasteiger partial charge in [0, 0.05) is 17.9 Å². The minimum absolute atomic E-state index is 0.0187. The Kier molecular flexibility index (Phi) is 4.52. The summed E-state index contributed by atoms with van der Waals surface area (Å²) < 4.78 is 43.0. The Morgan fingerprint density at radius 3 is 2.84 bits per heavy atom. The fourth-order valence-electron chi connectivity index (χ4n) is 1.85. The topological polar surface area (TPSA) is 26.3 Å². The van der Waals surface area contributed by atoms with Gasteiger partial charge < -0.3 is 4.74 Å². The second kappa shape index (κ2) is 5.96. The standard InChI is InChI=1S/C13H13F3O2S/c14-13(15,16)10-3-1-2-9(6-10)7-11(17)12-8-19-5-4-18-12/h1-3,6,12H,4-5,7-8H2. The number of hydrogen-bond donors (Lipinski definition) is 0. The maximum atomic E-state index is 12.5. The molecule has 104 valence electrons. The predicted octanol–water partition coefficient (Wildman–Crippen LogP) is 2.95. The van der Waals surface area contributed by atoms with Gasteiger partial charge in [-0.15, -0.1) is 0 Å². The zero-order valence-corrected chi connectivity index (χ0v) is 10.9. The Morgan fingerprint density at radius 1 is 1.42 bits per heavy atom. The van der Waals surface area contributed by atoms with Crippen molar-refractivity contribution in [1.29, 1.82) is 0 Å². The van der Waals surface area contributed by atoms with Crippen molar-refractivity contribution < 1.29 is 22.7 Å². The fourth-order valence-corrected chi connectivity index (χ4v) is 2.72. The molecule has 1 fully saturated rings. The quantitative estimate of drug-likeness (QED) is 0.856. The number of Topliss-reactive ketones (excluding diaryl/α,β-unsaturated/α-hetero) is 1. The normalized spacial score (nSPS) is 20.3. The minimum Gasteiger partial charge on any atom is -0.369 e. The number of ketones is 1. The molecule has 2 rings (SSSR count). The molecule has 0 amide bonds. The molecule has 0 aromatic heterocycles. The van der Waals surface area contributed by atoms with Crippen LogP contribution in [-0.2, 0) is 22.1 Å². The van der Waals surface area contributed by atoms with Gasteiger partial charge in [0.25, 0.3) is 0 Å². The summed E-state index contributed by atoms with van der Waals surface area (Å²) in [6.07, 6.45) is -4.89. The Bertz CT molecular complexity index is 453. The molecule has 0 bridgehead atoms. The van der Waals surface area contributed by atoms with Crippen LogP contribution in [0.25, 0.3) is 0 Å². The first kappa shape index (κ1) is 14.4. The summed E-state index contributed by atoms with van der Waals surface area (Å²) in [6, 6.07) is 4.87. The summed E-state index contributed by atoms with van der Waals surface area (Å²) in [4.78, 5) is 11.9. The summed E-state index contributed by atoms with van der Waals surface area (Å²) in [6.45, 7) is 0.518. The van der Waals surface area contributed by atoms with E-state index in [1.807, 2.05) is 0 Å². The number of carbonyl (C=O) groups excluding carboxylic acids is 1. The van der Waals surface area contributed by atoms with Crippen molar-refractivity contribution in [3.63, 3.8) is 0 Å². The van der Waals surface area contributed by atoms with Gasteiger partial charge in [0.2, 0.25) is 0 Å². The van der Waals surface area contributed by atoms with Gasteiger partial charge in [-0.05, 0) is 11.6 Å². The van der Waals surface area contributed by atoms with Gasteiger partial charge in [-0.2, -0.15) is 24.9 Å². The van der Waals surface area contributed by atoms with Gasteiger partial charge in [-0.25, -0.2) is 0 Å². The number of rotatable bonds is 3. The highest BCUT2D eigenvalue weighted by atomic mass is 32.2. The lowest BCUT2D eigenvalue weighted by Crippen LogP contribution is -2.32. The number of carbonyl (C=O) groups is 1. The highest BCUT2D eigenvalue weighted by Crippen LogP contribution is 2.29. The van der Waals surface area contributed by atoms with Crippen LogP contribution in [0.4, 0.5) is 13.2 Å². The van der Waals surface area contributed by atoms with E-state index in [0.717, 1.165) is 17.9 Å². The first-order chi connectivity index (χ1) is 8.97. The molecule has 0 N–H and O–H groups in total. The average molecular weight is 290 g/mol. The van der Waals surface area contributed by atoms with Crippen molar-refractivity contribution >= 4 is 17.5 Å². The molecule has 1 aromatic carbocycles. The number of thioether (sulfide) groups is 1. The SMILES string of the molecule is O=C(Cc1cccc(C(F)(F)F)c1)C1CSCCO1. The van der Waals surface area contributed by atoms with Crippen LogP contribution in [0.5, 0.6) is 0 Å². The molecule has 1 heterocycles. The lowest BCUT2D eigenvalue weighted by Gasteiger charge is -2.21. The minimum atomic E-state index is -4.38. The molecule has 1 atom stereocenters. The molecule has 0 radical (unpaired) electrons. The van der Waals surface area contributed by atoms with E-state index in [0.29, 0.717) is 17.9 Å².